The van der Waals surface area contributed by atoms with E-state index >= 15 is 0 Å². The van der Waals surface area contributed by atoms with Crippen molar-refractivity contribution in [2.24, 2.45) is 0 Å². The lowest BCUT2D eigenvalue weighted by atomic mass is 10.1. The van der Waals surface area contributed by atoms with Crippen LogP contribution in [0.25, 0.3) is 6.08 Å². The zero-order valence-electron chi connectivity index (χ0n) is 18.8. The summed E-state index contributed by atoms with van der Waals surface area (Å²) in [5, 5.41) is 13.1. The summed E-state index contributed by atoms with van der Waals surface area (Å²) >= 11 is 9.48. The van der Waals surface area contributed by atoms with E-state index in [4.69, 9.17) is 21.1 Å². The van der Waals surface area contributed by atoms with E-state index in [9.17, 15) is 10.1 Å². The normalized spacial score (nSPS) is 11.9. The molecule has 7 heteroatoms. The van der Waals surface area contributed by atoms with Crippen molar-refractivity contribution in [3.8, 4) is 17.6 Å². The van der Waals surface area contributed by atoms with Crippen molar-refractivity contribution in [1.29, 1.82) is 5.26 Å². The predicted molar refractivity (Wildman–Crippen MR) is 138 cm³/mol. The van der Waals surface area contributed by atoms with Gasteiger partial charge in [-0.2, -0.15) is 5.26 Å². The molecule has 174 valence electrons. The molecule has 0 unspecified atom stereocenters. The minimum absolute atomic E-state index is 0.00744. The second-order valence-electron chi connectivity index (χ2n) is 7.45. The maximum absolute atomic E-state index is 12.7. The van der Waals surface area contributed by atoms with E-state index < -0.39 is 5.91 Å². The number of carbonyl (C=O) groups is 1. The molecule has 1 amide bonds. The zero-order chi connectivity index (χ0) is 24.5. The first-order valence-corrected chi connectivity index (χ1v) is 11.9. The summed E-state index contributed by atoms with van der Waals surface area (Å²) in [6.45, 7) is 4.50. The number of carbonyl (C=O) groups excluding carboxylic acids is 1. The van der Waals surface area contributed by atoms with Crippen LogP contribution in [0.2, 0.25) is 5.02 Å². The zero-order valence-corrected chi connectivity index (χ0v) is 21.2. The molecular formula is C27H24BrClN2O3. The molecule has 0 aromatic heterocycles. The first-order valence-electron chi connectivity index (χ1n) is 10.7. The van der Waals surface area contributed by atoms with Crippen LogP contribution in [0.1, 0.15) is 36.6 Å². The van der Waals surface area contributed by atoms with Crippen molar-refractivity contribution >= 4 is 39.5 Å². The van der Waals surface area contributed by atoms with Crippen molar-refractivity contribution in [2.45, 2.75) is 26.5 Å². The smallest absolute Gasteiger partial charge is 0.262 e. The van der Waals surface area contributed by atoms with Crippen LogP contribution < -0.4 is 14.8 Å². The van der Waals surface area contributed by atoms with Gasteiger partial charge in [0.15, 0.2) is 11.5 Å². The number of nitriles is 1. The van der Waals surface area contributed by atoms with E-state index in [0.717, 1.165) is 11.1 Å². The Bertz CT molecular complexity index is 1210. The van der Waals surface area contributed by atoms with Gasteiger partial charge in [0.1, 0.15) is 18.2 Å². The summed E-state index contributed by atoms with van der Waals surface area (Å²) in [6, 6.07) is 22.3. The Morgan fingerprint density at radius 1 is 1.15 bits per heavy atom. The van der Waals surface area contributed by atoms with E-state index in [-0.39, 0.29) is 11.6 Å². The van der Waals surface area contributed by atoms with Gasteiger partial charge >= 0.3 is 0 Å². The van der Waals surface area contributed by atoms with E-state index in [1.165, 1.54) is 6.08 Å². The molecule has 1 N–H and O–H groups in total. The Hall–Kier alpha value is -3.27. The Kier molecular flexibility index (Phi) is 9.15. The number of amides is 1. The molecule has 0 saturated carbocycles. The fraction of sp³-hybridized carbons (Fsp3) is 0.185. The minimum atomic E-state index is -0.448. The number of benzene rings is 3. The quantitative estimate of drug-likeness (QED) is 0.238. The van der Waals surface area contributed by atoms with Gasteiger partial charge in [-0.05, 0) is 76.8 Å². The number of rotatable bonds is 9. The standard InChI is InChI=1S/C27H24BrClN2O3/c1-3-33-25-15-20(14-24(28)26(25)34-17-19-9-11-23(29)12-10-19)13-22(16-30)27(32)31-18(2)21-7-5-4-6-8-21/h4-15,18H,3,17H2,1-2H3,(H,31,32)/b22-13-/t18-/m1/s1. The first kappa shape index (κ1) is 25.4. The molecule has 3 aromatic carbocycles. The van der Waals surface area contributed by atoms with Gasteiger partial charge in [0.25, 0.3) is 5.91 Å². The van der Waals surface area contributed by atoms with Gasteiger partial charge in [-0.25, -0.2) is 0 Å². The van der Waals surface area contributed by atoms with E-state index in [1.807, 2.05) is 62.4 Å². The van der Waals surface area contributed by atoms with Crippen molar-refractivity contribution in [3.05, 3.63) is 98.5 Å². The maximum Gasteiger partial charge on any atom is 0.262 e. The summed E-state index contributed by atoms with van der Waals surface area (Å²) in [5.41, 5.74) is 2.54. The van der Waals surface area contributed by atoms with Crippen LogP contribution in [0.5, 0.6) is 11.5 Å². The molecule has 0 bridgehead atoms. The lowest BCUT2D eigenvalue weighted by molar-refractivity contribution is -0.117. The number of hydrogen-bond donors (Lipinski definition) is 1. The van der Waals surface area contributed by atoms with Crippen LogP contribution in [0.4, 0.5) is 0 Å². The SMILES string of the molecule is CCOc1cc(/C=C(/C#N)C(=O)N[C@H](C)c2ccccc2)cc(Br)c1OCc1ccc(Cl)cc1. The number of ether oxygens (including phenoxy) is 2. The highest BCUT2D eigenvalue weighted by molar-refractivity contribution is 9.10. The van der Waals surface area contributed by atoms with Gasteiger partial charge in [0.2, 0.25) is 0 Å². The molecular weight excluding hydrogens is 516 g/mol. The third kappa shape index (κ3) is 6.86. The van der Waals surface area contributed by atoms with Crippen LogP contribution >= 0.6 is 27.5 Å². The molecule has 3 rings (SSSR count). The van der Waals surface area contributed by atoms with Gasteiger partial charge in [-0.15, -0.1) is 0 Å². The molecule has 5 nitrogen and oxygen atoms in total. The first-order chi connectivity index (χ1) is 16.4. The van der Waals surface area contributed by atoms with Gasteiger partial charge < -0.3 is 14.8 Å². The number of nitrogens with zero attached hydrogens (tertiary/aromatic N) is 1. The highest BCUT2D eigenvalue weighted by Gasteiger charge is 2.16. The summed E-state index contributed by atoms with van der Waals surface area (Å²) in [7, 11) is 0. The second kappa shape index (κ2) is 12.3. The second-order valence-corrected chi connectivity index (χ2v) is 8.74. The van der Waals surface area contributed by atoms with E-state index in [0.29, 0.717) is 39.8 Å². The molecule has 0 fully saturated rings. The predicted octanol–water partition coefficient (Wildman–Crippen LogP) is 6.86. The molecule has 0 heterocycles. The molecule has 3 aromatic rings. The lowest BCUT2D eigenvalue weighted by Gasteiger charge is -2.15. The highest BCUT2D eigenvalue weighted by Crippen LogP contribution is 2.38. The van der Waals surface area contributed by atoms with E-state index in [1.54, 1.807) is 24.3 Å². The monoisotopic (exact) mass is 538 g/mol. The van der Waals surface area contributed by atoms with Gasteiger partial charge in [-0.3, -0.25) is 4.79 Å². The van der Waals surface area contributed by atoms with Crippen molar-refractivity contribution in [3.63, 3.8) is 0 Å². The molecule has 0 aliphatic carbocycles. The molecule has 0 radical (unpaired) electrons. The number of halogens is 2. The van der Waals surface area contributed by atoms with Gasteiger partial charge in [0, 0.05) is 5.02 Å². The Labute approximate surface area is 213 Å². The molecule has 0 aliphatic heterocycles. The van der Waals surface area contributed by atoms with Crippen molar-refractivity contribution < 1.29 is 14.3 Å². The topological polar surface area (TPSA) is 71.3 Å². The van der Waals surface area contributed by atoms with Gasteiger partial charge in [-0.1, -0.05) is 54.1 Å². The van der Waals surface area contributed by atoms with Crippen LogP contribution in [0.3, 0.4) is 0 Å². The summed E-state index contributed by atoms with van der Waals surface area (Å²) in [5.74, 6) is 0.595. The molecule has 0 spiro atoms. The van der Waals surface area contributed by atoms with Gasteiger partial charge in [0.05, 0.1) is 17.1 Å². The third-order valence-corrected chi connectivity index (χ3v) is 5.79. The van der Waals surface area contributed by atoms with Crippen molar-refractivity contribution in [1.82, 2.24) is 5.32 Å². The number of hydrogen-bond acceptors (Lipinski definition) is 4. The van der Waals surface area contributed by atoms with Crippen LogP contribution in [-0.4, -0.2) is 12.5 Å². The highest BCUT2D eigenvalue weighted by atomic mass is 79.9. The molecule has 34 heavy (non-hydrogen) atoms. The van der Waals surface area contributed by atoms with Crippen LogP contribution in [0, 0.1) is 11.3 Å². The molecule has 0 saturated heterocycles. The number of nitrogens with one attached hydrogen (secondary N) is 1. The average Bonchev–Trinajstić information content (AvgIpc) is 2.83. The fourth-order valence-corrected chi connectivity index (χ4v) is 3.93. The lowest BCUT2D eigenvalue weighted by Crippen LogP contribution is -2.27. The van der Waals surface area contributed by atoms with Crippen LogP contribution in [0.15, 0.2) is 76.8 Å². The Balaban J connectivity index is 1.81. The van der Waals surface area contributed by atoms with Crippen LogP contribution in [-0.2, 0) is 11.4 Å². The Morgan fingerprint density at radius 2 is 1.85 bits per heavy atom. The Morgan fingerprint density at radius 3 is 2.50 bits per heavy atom. The maximum atomic E-state index is 12.7. The summed E-state index contributed by atoms with van der Waals surface area (Å²) in [4.78, 5) is 12.7. The van der Waals surface area contributed by atoms with E-state index in [2.05, 4.69) is 21.2 Å². The van der Waals surface area contributed by atoms with Crippen molar-refractivity contribution in [2.75, 3.05) is 6.61 Å². The third-order valence-electron chi connectivity index (χ3n) is 4.95. The largest absolute Gasteiger partial charge is 0.490 e. The average molecular weight is 540 g/mol. The minimum Gasteiger partial charge on any atom is -0.490 e. The fourth-order valence-electron chi connectivity index (χ4n) is 3.23. The summed E-state index contributed by atoms with van der Waals surface area (Å²) < 4.78 is 12.4. The summed E-state index contributed by atoms with van der Waals surface area (Å²) in [6.07, 6.45) is 1.53. The molecule has 0 aliphatic rings. The molecule has 1 atom stereocenters.